The van der Waals surface area contributed by atoms with Gasteiger partial charge in [-0.15, -0.1) is 0 Å². The molecule has 0 aliphatic rings. The Morgan fingerprint density at radius 1 is 0.903 bits per heavy atom. The molecule has 1 N–H and O–H groups in total. The molecular weight excluding hydrogens is 453 g/mol. The van der Waals surface area contributed by atoms with Crippen molar-refractivity contribution >= 4 is 46.4 Å². The van der Waals surface area contributed by atoms with E-state index in [9.17, 15) is 4.79 Å². The van der Waals surface area contributed by atoms with Gasteiger partial charge >= 0.3 is 0 Å². The molecule has 3 aromatic carbocycles. The molecule has 0 spiro atoms. The summed E-state index contributed by atoms with van der Waals surface area (Å²) in [5.41, 5.74) is 2.75. The highest BCUT2D eigenvalue weighted by atomic mass is 35.5. The van der Waals surface area contributed by atoms with Gasteiger partial charge in [0.05, 0.1) is 0 Å². The lowest BCUT2D eigenvalue weighted by atomic mass is 9.95. The molecule has 0 aliphatic heterocycles. The minimum Gasteiger partial charge on any atom is -0.481 e. The first-order chi connectivity index (χ1) is 14.5. The van der Waals surface area contributed by atoms with Gasteiger partial charge in [-0.1, -0.05) is 79.8 Å². The Hall–Kier alpha value is -2.20. The van der Waals surface area contributed by atoms with Crippen LogP contribution in [0.25, 0.3) is 0 Å². The van der Waals surface area contributed by atoms with Crippen molar-refractivity contribution in [1.29, 1.82) is 0 Å². The van der Waals surface area contributed by atoms with Crippen LogP contribution in [0.5, 0.6) is 5.75 Å². The van der Waals surface area contributed by atoms with Crippen molar-refractivity contribution < 1.29 is 9.53 Å². The fourth-order valence-corrected chi connectivity index (χ4v) is 3.55. The van der Waals surface area contributed by atoms with E-state index in [2.05, 4.69) is 5.32 Å². The molecule has 0 radical (unpaired) electrons. The lowest BCUT2D eigenvalue weighted by Gasteiger charge is -2.23. The van der Waals surface area contributed by atoms with Gasteiger partial charge in [0.1, 0.15) is 5.75 Å². The largest absolute Gasteiger partial charge is 0.481 e. The number of carbonyl (C=O) groups is 1. The van der Waals surface area contributed by atoms with Crippen LogP contribution in [-0.4, -0.2) is 5.91 Å². The summed E-state index contributed by atoms with van der Waals surface area (Å²) in [5, 5.41) is 4.63. The average Bonchev–Trinajstić information content (AvgIpc) is 2.69. The Labute approximate surface area is 198 Å². The van der Waals surface area contributed by atoms with Crippen LogP contribution < -0.4 is 10.1 Å². The van der Waals surface area contributed by atoms with Gasteiger partial charge in [-0.2, -0.15) is 0 Å². The summed E-state index contributed by atoms with van der Waals surface area (Å²) >= 11 is 18.7. The van der Waals surface area contributed by atoms with Gasteiger partial charge in [-0.3, -0.25) is 4.79 Å². The van der Waals surface area contributed by atoms with E-state index in [1.807, 2.05) is 76.2 Å². The van der Waals surface area contributed by atoms with Crippen LogP contribution >= 0.6 is 34.8 Å². The van der Waals surface area contributed by atoms with Crippen molar-refractivity contribution in [3.8, 4) is 5.75 Å². The summed E-state index contributed by atoms with van der Waals surface area (Å²) in [6.45, 7) is 7.56. The average molecular weight is 477 g/mol. The standard InChI is InChI=1S/C25H24Cl3NO2/c1-15-5-11-19(29-24(30)25(2,3)4)14-22(15)31-23(16-6-8-17(26)9-7-16)20-12-10-18(27)13-21(20)28/h5-14,23H,1-4H3,(H,29,30). The molecule has 0 heterocycles. The summed E-state index contributed by atoms with van der Waals surface area (Å²) in [6, 6.07) is 18.3. The summed E-state index contributed by atoms with van der Waals surface area (Å²) in [5.74, 6) is 0.565. The maximum Gasteiger partial charge on any atom is 0.229 e. The van der Waals surface area contributed by atoms with E-state index in [1.165, 1.54) is 0 Å². The lowest BCUT2D eigenvalue weighted by Crippen LogP contribution is -2.27. The van der Waals surface area contributed by atoms with Crippen LogP contribution in [-0.2, 0) is 4.79 Å². The summed E-state index contributed by atoms with van der Waals surface area (Å²) < 4.78 is 6.46. The third-order valence-electron chi connectivity index (χ3n) is 4.79. The Morgan fingerprint density at radius 2 is 1.55 bits per heavy atom. The topological polar surface area (TPSA) is 38.3 Å². The second-order valence-corrected chi connectivity index (χ2v) is 9.68. The van der Waals surface area contributed by atoms with Crippen molar-refractivity contribution in [2.75, 3.05) is 5.32 Å². The number of benzene rings is 3. The number of ether oxygens (including phenoxy) is 1. The minimum atomic E-state index is -0.505. The molecule has 3 nitrogen and oxygen atoms in total. The number of aryl methyl sites for hydroxylation is 1. The number of hydrogen-bond acceptors (Lipinski definition) is 2. The zero-order chi connectivity index (χ0) is 22.8. The van der Waals surface area contributed by atoms with E-state index in [0.29, 0.717) is 26.5 Å². The maximum atomic E-state index is 12.4. The predicted molar refractivity (Wildman–Crippen MR) is 130 cm³/mol. The smallest absolute Gasteiger partial charge is 0.229 e. The molecule has 3 aromatic rings. The molecule has 1 amide bonds. The highest BCUT2D eigenvalue weighted by molar-refractivity contribution is 6.35. The van der Waals surface area contributed by atoms with E-state index in [1.54, 1.807) is 12.1 Å². The molecule has 162 valence electrons. The van der Waals surface area contributed by atoms with Crippen LogP contribution in [0.3, 0.4) is 0 Å². The molecule has 6 heteroatoms. The molecule has 0 fully saturated rings. The van der Waals surface area contributed by atoms with Crippen molar-refractivity contribution in [1.82, 2.24) is 0 Å². The zero-order valence-corrected chi connectivity index (χ0v) is 20.1. The first-order valence-electron chi connectivity index (χ1n) is 9.84. The number of rotatable bonds is 5. The van der Waals surface area contributed by atoms with Crippen LogP contribution in [0.2, 0.25) is 15.1 Å². The number of anilines is 1. The number of halogens is 3. The van der Waals surface area contributed by atoms with Crippen LogP contribution in [0.15, 0.2) is 60.7 Å². The fraction of sp³-hybridized carbons (Fsp3) is 0.240. The van der Waals surface area contributed by atoms with Gasteiger partial charge in [0.2, 0.25) is 5.91 Å². The molecule has 0 saturated heterocycles. The minimum absolute atomic E-state index is 0.0719. The van der Waals surface area contributed by atoms with Gasteiger partial charge in [0.25, 0.3) is 0 Å². The zero-order valence-electron chi connectivity index (χ0n) is 17.8. The number of hydrogen-bond donors (Lipinski definition) is 1. The van der Waals surface area contributed by atoms with Crippen molar-refractivity contribution in [2.45, 2.75) is 33.8 Å². The Morgan fingerprint density at radius 3 is 2.16 bits per heavy atom. The Balaban J connectivity index is 2.00. The van der Waals surface area contributed by atoms with Crippen molar-refractivity contribution in [3.05, 3.63) is 92.4 Å². The van der Waals surface area contributed by atoms with Gasteiger partial charge < -0.3 is 10.1 Å². The predicted octanol–water partition coefficient (Wildman–Crippen LogP) is 8.11. The highest BCUT2D eigenvalue weighted by Crippen LogP contribution is 2.36. The molecule has 1 atom stereocenters. The van der Waals surface area contributed by atoms with E-state index in [-0.39, 0.29) is 5.91 Å². The molecular formula is C25H24Cl3NO2. The third-order valence-corrected chi connectivity index (χ3v) is 5.60. The van der Waals surface area contributed by atoms with Crippen molar-refractivity contribution in [3.63, 3.8) is 0 Å². The van der Waals surface area contributed by atoms with Gasteiger partial charge in [-0.25, -0.2) is 0 Å². The Kier molecular flexibility index (Phi) is 7.20. The molecule has 0 bridgehead atoms. The maximum absolute atomic E-state index is 12.4. The van der Waals surface area contributed by atoms with E-state index in [0.717, 1.165) is 16.7 Å². The molecule has 0 aromatic heterocycles. The molecule has 0 saturated carbocycles. The number of nitrogens with one attached hydrogen (secondary N) is 1. The van der Waals surface area contributed by atoms with Crippen molar-refractivity contribution in [2.24, 2.45) is 5.41 Å². The molecule has 3 rings (SSSR count). The summed E-state index contributed by atoms with van der Waals surface area (Å²) in [4.78, 5) is 12.4. The van der Waals surface area contributed by atoms with Crippen LogP contribution in [0.1, 0.15) is 43.6 Å². The molecule has 1 unspecified atom stereocenters. The summed E-state index contributed by atoms with van der Waals surface area (Å²) in [6.07, 6.45) is -0.491. The van der Waals surface area contributed by atoms with Gasteiger partial charge in [-0.05, 0) is 48.4 Å². The van der Waals surface area contributed by atoms with E-state index in [4.69, 9.17) is 39.5 Å². The van der Waals surface area contributed by atoms with Crippen LogP contribution in [0, 0.1) is 12.3 Å². The van der Waals surface area contributed by atoms with Crippen LogP contribution in [0.4, 0.5) is 5.69 Å². The first-order valence-corrected chi connectivity index (χ1v) is 11.0. The number of amides is 1. The first kappa shape index (κ1) is 23.5. The number of carbonyl (C=O) groups excluding carboxylic acids is 1. The van der Waals surface area contributed by atoms with Gasteiger partial charge in [0, 0.05) is 37.8 Å². The van der Waals surface area contributed by atoms with E-state index < -0.39 is 11.5 Å². The van der Waals surface area contributed by atoms with Gasteiger partial charge in [0.15, 0.2) is 6.10 Å². The lowest BCUT2D eigenvalue weighted by molar-refractivity contribution is -0.123. The fourth-order valence-electron chi connectivity index (χ4n) is 2.91. The normalized spacial score (nSPS) is 12.4. The molecule has 0 aliphatic carbocycles. The quantitative estimate of drug-likeness (QED) is 0.404. The third kappa shape index (κ3) is 5.94. The second-order valence-electron chi connectivity index (χ2n) is 8.40. The monoisotopic (exact) mass is 475 g/mol. The summed E-state index contributed by atoms with van der Waals surface area (Å²) in [7, 11) is 0. The SMILES string of the molecule is Cc1ccc(NC(=O)C(C)(C)C)cc1OC(c1ccc(Cl)cc1)c1ccc(Cl)cc1Cl. The Bertz CT molecular complexity index is 1090. The second kappa shape index (κ2) is 9.52. The highest BCUT2D eigenvalue weighted by Gasteiger charge is 2.23. The molecule has 31 heavy (non-hydrogen) atoms. The van der Waals surface area contributed by atoms with E-state index >= 15 is 0 Å².